The summed E-state index contributed by atoms with van der Waals surface area (Å²) in [5.74, 6) is -1.04. The summed E-state index contributed by atoms with van der Waals surface area (Å²) in [5, 5.41) is 13.9. The number of anilines is 1. The van der Waals surface area contributed by atoms with Gasteiger partial charge in [0.05, 0.1) is 12.5 Å². The molecule has 0 saturated carbocycles. The average Bonchev–Trinajstić information content (AvgIpc) is 2.54. The Kier molecular flexibility index (Phi) is 6.03. The number of hydrogen-bond donors (Lipinski definition) is 2. The molecule has 24 heavy (non-hydrogen) atoms. The predicted molar refractivity (Wildman–Crippen MR) is 87.3 cm³/mol. The van der Waals surface area contributed by atoms with Crippen LogP contribution in [0, 0.1) is 17.1 Å². The van der Waals surface area contributed by atoms with Crippen molar-refractivity contribution < 1.29 is 14.0 Å². The molecular formula is C18H16FN3O2. The molecule has 0 heterocycles. The van der Waals surface area contributed by atoms with Gasteiger partial charge in [0.1, 0.15) is 12.2 Å². The summed E-state index contributed by atoms with van der Waals surface area (Å²) in [4.78, 5) is 23.5. The summed E-state index contributed by atoms with van der Waals surface area (Å²) >= 11 is 0. The number of carbonyl (C=O) groups is 2. The fraction of sp³-hybridized carbons (Fsp3) is 0.167. The van der Waals surface area contributed by atoms with Crippen LogP contribution >= 0.6 is 0 Å². The van der Waals surface area contributed by atoms with Gasteiger partial charge >= 0.3 is 0 Å². The minimum Gasteiger partial charge on any atom is -0.352 e. The molecule has 6 heteroatoms. The van der Waals surface area contributed by atoms with Crippen molar-refractivity contribution in [2.24, 2.45) is 0 Å². The standard InChI is InChI=1S/C18H16FN3O2/c19-15-6-3-4-13(10-15)11-18(24)21-12-14-5-1-2-7-16(14)22-17(23)8-9-20/h1-7,10H,8,11-12H2,(H,21,24)(H,22,23). The second kappa shape index (κ2) is 8.44. The Morgan fingerprint density at radius 3 is 2.62 bits per heavy atom. The van der Waals surface area contributed by atoms with E-state index in [9.17, 15) is 14.0 Å². The molecule has 2 aromatic carbocycles. The smallest absolute Gasteiger partial charge is 0.238 e. The van der Waals surface area contributed by atoms with Gasteiger partial charge in [-0.25, -0.2) is 4.39 Å². The maximum atomic E-state index is 13.1. The van der Waals surface area contributed by atoms with Crippen LogP contribution in [-0.4, -0.2) is 11.8 Å². The average molecular weight is 325 g/mol. The molecule has 2 N–H and O–H groups in total. The monoisotopic (exact) mass is 325 g/mol. The van der Waals surface area contributed by atoms with Crippen molar-refractivity contribution in [1.29, 1.82) is 5.26 Å². The van der Waals surface area contributed by atoms with E-state index in [1.807, 2.05) is 0 Å². The van der Waals surface area contributed by atoms with Crippen molar-refractivity contribution in [3.05, 3.63) is 65.5 Å². The van der Waals surface area contributed by atoms with Gasteiger partial charge in [-0.3, -0.25) is 9.59 Å². The van der Waals surface area contributed by atoms with Crippen LogP contribution in [0.15, 0.2) is 48.5 Å². The van der Waals surface area contributed by atoms with Crippen molar-refractivity contribution >= 4 is 17.5 Å². The number of nitriles is 1. The summed E-state index contributed by atoms with van der Waals surface area (Å²) in [6, 6.07) is 14.6. The molecule has 2 rings (SSSR count). The van der Waals surface area contributed by atoms with Gasteiger partial charge in [0.25, 0.3) is 0 Å². The van der Waals surface area contributed by atoms with Crippen LogP contribution in [-0.2, 0) is 22.6 Å². The Labute approximate surface area is 139 Å². The summed E-state index contributed by atoms with van der Waals surface area (Å²) in [6.07, 6.45) is -0.166. The van der Waals surface area contributed by atoms with E-state index in [1.54, 1.807) is 42.5 Å². The summed E-state index contributed by atoms with van der Waals surface area (Å²) < 4.78 is 13.1. The lowest BCUT2D eigenvalue weighted by Gasteiger charge is -2.11. The summed E-state index contributed by atoms with van der Waals surface area (Å²) in [6.45, 7) is 0.219. The fourth-order valence-corrected chi connectivity index (χ4v) is 2.15. The Balaban J connectivity index is 1.95. The van der Waals surface area contributed by atoms with E-state index < -0.39 is 5.91 Å². The van der Waals surface area contributed by atoms with Gasteiger partial charge in [-0.2, -0.15) is 5.26 Å². The third-order valence-electron chi connectivity index (χ3n) is 3.26. The minimum atomic E-state index is -0.406. The number of carbonyl (C=O) groups excluding carboxylic acids is 2. The van der Waals surface area contributed by atoms with E-state index in [2.05, 4.69) is 10.6 Å². The Hall–Kier alpha value is -3.20. The quantitative estimate of drug-likeness (QED) is 0.856. The topological polar surface area (TPSA) is 82.0 Å². The third kappa shape index (κ3) is 5.21. The lowest BCUT2D eigenvalue weighted by atomic mass is 10.1. The molecule has 122 valence electrons. The number of halogens is 1. The summed E-state index contributed by atoms with van der Waals surface area (Å²) in [5.41, 5.74) is 1.85. The van der Waals surface area contributed by atoms with Crippen LogP contribution in [0.2, 0.25) is 0 Å². The van der Waals surface area contributed by atoms with Crippen LogP contribution in [0.4, 0.5) is 10.1 Å². The molecule has 0 aliphatic rings. The maximum absolute atomic E-state index is 13.1. The van der Waals surface area contributed by atoms with E-state index in [0.29, 0.717) is 11.3 Å². The first kappa shape index (κ1) is 17.2. The molecule has 0 unspecified atom stereocenters. The zero-order chi connectivity index (χ0) is 17.4. The van der Waals surface area contributed by atoms with Crippen molar-refractivity contribution in [3.8, 4) is 6.07 Å². The number of para-hydroxylation sites is 1. The molecule has 0 aliphatic carbocycles. The molecule has 0 bridgehead atoms. The van der Waals surface area contributed by atoms with Crippen LogP contribution in [0.25, 0.3) is 0 Å². The third-order valence-corrected chi connectivity index (χ3v) is 3.26. The van der Waals surface area contributed by atoms with Crippen molar-refractivity contribution in [2.75, 3.05) is 5.32 Å². The number of nitrogens with one attached hydrogen (secondary N) is 2. The highest BCUT2D eigenvalue weighted by molar-refractivity contribution is 5.92. The van der Waals surface area contributed by atoms with Gasteiger partial charge in [0.15, 0.2) is 0 Å². The SMILES string of the molecule is N#CCC(=O)Nc1ccccc1CNC(=O)Cc1cccc(F)c1. The van der Waals surface area contributed by atoms with Gasteiger partial charge in [-0.1, -0.05) is 30.3 Å². The summed E-state index contributed by atoms with van der Waals surface area (Å²) in [7, 11) is 0. The van der Waals surface area contributed by atoms with Gasteiger partial charge in [-0.05, 0) is 29.3 Å². The van der Waals surface area contributed by atoms with Gasteiger partial charge in [0.2, 0.25) is 11.8 Å². The van der Waals surface area contributed by atoms with E-state index >= 15 is 0 Å². The molecule has 0 aliphatic heterocycles. The van der Waals surface area contributed by atoms with E-state index in [-0.39, 0.29) is 31.1 Å². The van der Waals surface area contributed by atoms with Crippen molar-refractivity contribution in [3.63, 3.8) is 0 Å². The highest BCUT2D eigenvalue weighted by Gasteiger charge is 2.08. The van der Waals surface area contributed by atoms with E-state index in [1.165, 1.54) is 12.1 Å². The highest BCUT2D eigenvalue weighted by atomic mass is 19.1. The van der Waals surface area contributed by atoms with Crippen molar-refractivity contribution in [2.45, 2.75) is 19.4 Å². The van der Waals surface area contributed by atoms with Gasteiger partial charge in [-0.15, -0.1) is 0 Å². The molecule has 2 aromatic rings. The largest absolute Gasteiger partial charge is 0.352 e. The van der Waals surface area contributed by atoms with Crippen LogP contribution in [0.5, 0.6) is 0 Å². The molecule has 0 fully saturated rings. The molecule has 0 spiro atoms. The molecule has 0 radical (unpaired) electrons. The first-order valence-electron chi connectivity index (χ1n) is 7.34. The maximum Gasteiger partial charge on any atom is 0.238 e. The molecule has 2 amide bonds. The molecule has 0 atom stereocenters. The molecule has 5 nitrogen and oxygen atoms in total. The number of nitrogens with zero attached hydrogens (tertiary/aromatic N) is 1. The minimum absolute atomic E-state index is 0.0702. The second-order valence-corrected chi connectivity index (χ2v) is 5.12. The fourth-order valence-electron chi connectivity index (χ4n) is 2.15. The van der Waals surface area contributed by atoms with Crippen molar-refractivity contribution in [1.82, 2.24) is 5.32 Å². The van der Waals surface area contributed by atoms with Crippen LogP contribution < -0.4 is 10.6 Å². The number of benzene rings is 2. The normalized spacial score (nSPS) is 9.83. The number of hydrogen-bond acceptors (Lipinski definition) is 3. The first-order chi connectivity index (χ1) is 11.6. The number of rotatable bonds is 6. The van der Waals surface area contributed by atoms with Crippen LogP contribution in [0.1, 0.15) is 17.5 Å². The lowest BCUT2D eigenvalue weighted by molar-refractivity contribution is -0.120. The molecule has 0 saturated heterocycles. The zero-order valence-electron chi connectivity index (χ0n) is 12.9. The predicted octanol–water partition coefficient (Wildman–Crippen LogP) is 2.54. The second-order valence-electron chi connectivity index (χ2n) is 5.12. The van der Waals surface area contributed by atoms with E-state index in [4.69, 9.17) is 5.26 Å². The van der Waals surface area contributed by atoms with Gasteiger partial charge < -0.3 is 10.6 Å². The lowest BCUT2D eigenvalue weighted by Crippen LogP contribution is -2.25. The Morgan fingerprint density at radius 1 is 1.08 bits per heavy atom. The molecular weight excluding hydrogens is 309 g/mol. The van der Waals surface area contributed by atoms with Crippen LogP contribution in [0.3, 0.4) is 0 Å². The number of amides is 2. The zero-order valence-corrected chi connectivity index (χ0v) is 12.9. The first-order valence-corrected chi connectivity index (χ1v) is 7.34. The Bertz CT molecular complexity index is 784. The molecule has 0 aromatic heterocycles. The highest BCUT2D eigenvalue weighted by Crippen LogP contribution is 2.15. The van der Waals surface area contributed by atoms with E-state index in [0.717, 1.165) is 5.56 Å². The van der Waals surface area contributed by atoms with Gasteiger partial charge in [0, 0.05) is 12.2 Å². The Morgan fingerprint density at radius 2 is 1.88 bits per heavy atom.